The van der Waals surface area contributed by atoms with E-state index in [0.29, 0.717) is 17.8 Å². The van der Waals surface area contributed by atoms with Crippen molar-refractivity contribution in [3.63, 3.8) is 0 Å². The van der Waals surface area contributed by atoms with Gasteiger partial charge in [0.15, 0.2) is 26.4 Å². The van der Waals surface area contributed by atoms with Crippen LogP contribution in [0.5, 0.6) is 0 Å². The Balaban J connectivity index is 1.38. The van der Waals surface area contributed by atoms with Crippen LogP contribution in [0.15, 0.2) is 60.9 Å². The van der Waals surface area contributed by atoms with E-state index in [4.69, 9.17) is 14.2 Å². The first-order valence-corrected chi connectivity index (χ1v) is 15.3. The molecule has 268 valence electrons. The van der Waals surface area contributed by atoms with Gasteiger partial charge < -0.3 is 40.2 Å². The Labute approximate surface area is 289 Å². The standard InChI is InChI=1S/C32H33N7O12/c40-25-16-49-30(45)13-36-27(42)18-51-32(47)24(37-28(43)19-50-31(46)14-35-26(41)17-48-29(44)12-34-25)11-20-4-6-21(7-5-20)15-39-10-8-23(38-39)22-3-1-2-9-33-22/h1-10,24H,11-19H2,(H,34,40)(H,35,41)(H,36,42)(H,37,43). The lowest BCUT2D eigenvalue weighted by molar-refractivity contribution is -0.154. The predicted molar refractivity (Wildman–Crippen MR) is 170 cm³/mol. The van der Waals surface area contributed by atoms with Crippen LogP contribution in [0.4, 0.5) is 0 Å². The van der Waals surface area contributed by atoms with E-state index in [2.05, 4.69) is 36.1 Å². The lowest BCUT2D eigenvalue weighted by Gasteiger charge is -2.18. The van der Waals surface area contributed by atoms with Gasteiger partial charge in [-0.1, -0.05) is 30.3 Å². The third kappa shape index (κ3) is 13.0. The lowest BCUT2D eigenvalue weighted by Crippen LogP contribution is -2.46. The number of esters is 4. The highest BCUT2D eigenvalue weighted by atomic mass is 16.6. The van der Waals surface area contributed by atoms with Gasteiger partial charge >= 0.3 is 23.9 Å². The van der Waals surface area contributed by atoms with Gasteiger partial charge in [-0.15, -0.1) is 0 Å². The number of aromatic nitrogens is 3. The van der Waals surface area contributed by atoms with Crippen LogP contribution in [0, 0.1) is 0 Å². The van der Waals surface area contributed by atoms with Crippen molar-refractivity contribution in [3.8, 4) is 11.4 Å². The molecule has 1 aliphatic heterocycles. The number of carbonyl (C=O) groups excluding carboxylic acids is 8. The summed E-state index contributed by atoms with van der Waals surface area (Å²) in [6.07, 6.45) is 3.40. The second-order valence-electron chi connectivity index (χ2n) is 10.7. The molecular formula is C32H33N7O12. The number of hydrogen-bond acceptors (Lipinski definition) is 14. The van der Waals surface area contributed by atoms with Crippen LogP contribution >= 0.6 is 0 Å². The monoisotopic (exact) mass is 707 g/mol. The van der Waals surface area contributed by atoms with Gasteiger partial charge in [0.1, 0.15) is 31.4 Å². The molecule has 3 aromatic rings. The minimum atomic E-state index is -1.34. The van der Waals surface area contributed by atoms with Crippen LogP contribution in [-0.2, 0) is 70.3 Å². The van der Waals surface area contributed by atoms with E-state index in [1.165, 1.54) is 0 Å². The number of cyclic esters (lactones) is 4. The smallest absolute Gasteiger partial charge is 0.329 e. The van der Waals surface area contributed by atoms with Crippen molar-refractivity contribution < 1.29 is 57.3 Å². The van der Waals surface area contributed by atoms with Crippen molar-refractivity contribution >= 4 is 47.5 Å². The van der Waals surface area contributed by atoms with Crippen molar-refractivity contribution in [1.29, 1.82) is 0 Å². The molecule has 4 N–H and O–H groups in total. The molecule has 2 aromatic heterocycles. The second-order valence-corrected chi connectivity index (χ2v) is 10.7. The van der Waals surface area contributed by atoms with E-state index in [1.807, 2.05) is 30.5 Å². The van der Waals surface area contributed by atoms with Crippen LogP contribution in [-0.4, -0.2) is 114 Å². The molecule has 4 rings (SSSR count). The third-order valence-electron chi connectivity index (χ3n) is 6.72. The second kappa shape index (κ2) is 18.8. The van der Waals surface area contributed by atoms with Crippen molar-refractivity contribution in [2.45, 2.75) is 19.0 Å². The van der Waals surface area contributed by atoms with Crippen LogP contribution in [0.2, 0.25) is 0 Å². The molecule has 3 heterocycles. The number of nitrogens with one attached hydrogen (secondary N) is 4. The summed E-state index contributed by atoms with van der Waals surface area (Å²) in [7, 11) is 0. The molecule has 19 heteroatoms. The van der Waals surface area contributed by atoms with E-state index in [1.54, 1.807) is 35.1 Å². The minimum absolute atomic E-state index is 0.0881. The van der Waals surface area contributed by atoms with Gasteiger partial charge in [0.2, 0.25) is 0 Å². The highest BCUT2D eigenvalue weighted by molar-refractivity contribution is 5.90. The summed E-state index contributed by atoms with van der Waals surface area (Å²) in [5.74, 6) is -7.59. The summed E-state index contributed by atoms with van der Waals surface area (Å²) >= 11 is 0. The highest BCUT2D eigenvalue weighted by Gasteiger charge is 2.25. The van der Waals surface area contributed by atoms with Crippen LogP contribution in [0.1, 0.15) is 11.1 Å². The molecule has 51 heavy (non-hydrogen) atoms. The number of rotatable bonds is 5. The SMILES string of the molecule is O=C1COC(=O)CNC(=O)COC(=O)C(Cc2ccc(Cn3ccc(-c4ccccn4)n3)cc2)NC(=O)COC(=O)CNC(=O)COC(=O)CN1. The Morgan fingerprint density at radius 2 is 1.14 bits per heavy atom. The number of pyridine rings is 1. The number of amides is 4. The normalized spacial score (nSPS) is 18.0. The molecule has 1 aromatic carbocycles. The van der Waals surface area contributed by atoms with Gasteiger partial charge in [-0.05, 0) is 29.3 Å². The average molecular weight is 708 g/mol. The molecule has 1 atom stereocenters. The summed E-state index contributed by atoms with van der Waals surface area (Å²) in [6, 6.07) is 13.1. The van der Waals surface area contributed by atoms with E-state index in [-0.39, 0.29) is 6.42 Å². The molecule has 1 aliphatic rings. The van der Waals surface area contributed by atoms with Gasteiger partial charge in [-0.25, -0.2) is 4.79 Å². The molecule has 1 fully saturated rings. The first kappa shape index (κ1) is 37.2. The molecule has 0 spiro atoms. The fourth-order valence-corrected chi connectivity index (χ4v) is 4.23. The van der Waals surface area contributed by atoms with Gasteiger partial charge in [0, 0.05) is 18.8 Å². The van der Waals surface area contributed by atoms with Crippen molar-refractivity contribution in [3.05, 3.63) is 72.1 Å². The molecular weight excluding hydrogens is 674 g/mol. The topological polar surface area (TPSA) is 252 Å². The maximum atomic E-state index is 13.0. The number of hydrogen-bond donors (Lipinski definition) is 4. The Morgan fingerprint density at radius 1 is 0.608 bits per heavy atom. The van der Waals surface area contributed by atoms with Crippen molar-refractivity contribution in [2.24, 2.45) is 0 Å². The molecule has 0 aliphatic carbocycles. The maximum absolute atomic E-state index is 13.0. The zero-order valence-corrected chi connectivity index (χ0v) is 27.0. The predicted octanol–water partition coefficient (Wildman–Crippen LogP) is -2.44. The molecule has 1 unspecified atom stereocenters. The van der Waals surface area contributed by atoms with Gasteiger partial charge in [0.25, 0.3) is 23.6 Å². The van der Waals surface area contributed by atoms with Gasteiger partial charge in [0.05, 0.1) is 12.2 Å². The van der Waals surface area contributed by atoms with E-state index < -0.39 is 99.6 Å². The van der Waals surface area contributed by atoms with Crippen LogP contribution in [0.25, 0.3) is 11.4 Å². The third-order valence-corrected chi connectivity index (χ3v) is 6.72. The molecule has 0 radical (unpaired) electrons. The number of benzene rings is 1. The number of carbonyl (C=O) groups is 8. The van der Waals surface area contributed by atoms with E-state index in [9.17, 15) is 38.4 Å². The first-order chi connectivity index (χ1) is 24.5. The number of ether oxygens (including phenoxy) is 4. The Hall–Kier alpha value is -6.66. The summed E-state index contributed by atoms with van der Waals surface area (Å²) < 4.78 is 21.0. The fraction of sp³-hybridized carbons (Fsp3) is 0.312. The Kier molecular flexibility index (Phi) is 13.7. The fourth-order valence-electron chi connectivity index (χ4n) is 4.23. The summed E-state index contributed by atoms with van der Waals surface area (Å²) in [4.78, 5) is 102. The van der Waals surface area contributed by atoms with Gasteiger partial charge in [-0.2, -0.15) is 5.10 Å². The summed E-state index contributed by atoms with van der Waals surface area (Å²) in [5, 5.41) is 13.3. The number of nitrogens with zero attached hydrogens (tertiary/aromatic N) is 3. The van der Waals surface area contributed by atoms with E-state index in [0.717, 1.165) is 11.3 Å². The largest absolute Gasteiger partial charge is 0.454 e. The zero-order chi connectivity index (χ0) is 36.6. The lowest BCUT2D eigenvalue weighted by atomic mass is 10.0. The van der Waals surface area contributed by atoms with Crippen molar-refractivity contribution in [2.75, 3.05) is 46.1 Å². The Morgan fingerprint density at radius 3 is 1.69 bits per heavy atom. The van der Waals surface area contributed by atoms with Gasteiger partial charge in [-0.3, -0.25) is 43.2 Å². The molecule has 4 amide bonds. The highest BCUT2D eigenvalue weighted by Crippen LogP contribution is 2.15. The minimum Gasteiger partial charge on any atom is -0.454 e. The van der Waals surface area contributed by atoms with Crippen LogP contribution in [0.3, 0.4) is 0 Å². The quantitative estimate of drug-likeness (QED) is 0.159. The maximum Gasteiger partial charge on any atom is 0.329 e. The van der Waals surface area contributed by atoms with E-state index >= 15 is 0 Å². The Bertz CT molecular complexity index is 1740. The molecule has 0 saturated carbocycles. The first-order valence-electron chi connectivity index (χ1n) is 15.3. The average Bonchev–Trinajstić information content (AvgIpc) is 3.60. The molecule has 19 nitrogen and oxygen atoms in total. The molecule has 0 bridgehead atoms. The molecule has 1 saturated heterocycles. The summed E-state index contributed by atoms with van der Waals surface area (Å²) in [5.41, 5.74) is 2.91. The van der Waals surface area contributed by atoms with Crippen LogP contribution < -0.4 is 21.3 Å². The zero-order valence-electron chi connectivity index (χ0n) is 27.0. The van der Waals surface area contributed by atoms with Crippen molar-refractivity contribution in [1.82, 2.24) is 36.0 Å². The summed E-state index contributed by atoms with van der Waals surface area (Å²) in [6.45, 7) is -4.84.